The fourth-order valence-electron chi connectivity index (χ4n) is 2.24. The maximum Gasteiger partial charge on any atom is 0.128 e. The Balaban J connectivity index is 0.000000230. The van der Waals surface area contributed by atoms with Crippen molar-refractivity contribution in [3.8, 4) is 11.8 Å². The molecule has 1 fully saturated rings. The monoisotopic (exact) mass is 323 g/mol. The highest BCUT2D eigenvalue weighted by Gasteiger charge is 2.14. The van der Waals surface area contributed by atoms with Crippen LogP contribution in [0.2, 0.25) is 0 Å². The second-order valence-electron chi connectivity index (χ2n) is 5.22. The van der Waals surface area contributed by atoms with Crippen molar-refractivity contribution in [2.45, 2.75) is 6.92 Å². The van der Waals surface area contributed by atoms with Crippen LogP contribution in [0.15, 0.2) is 54.7 Å². The molecule has 0 unspecified atom stereocenters. The van der Waals surface area contributed by atoms with Gasteiger partial charge >= 0.3 is 0 Å². The van der Waals surface area contributed by atoms with Crippen molar-refractivity contribution in [2.24, 2.45) is 0 Å². The van der Waals surface area contributed by atoms with Crippen molar-refractivity contribution < 1.29 is 4.79 Å². The first-order valence-electron chi connectivity index (χ1n) is 7.91. The summed E-state index contributed by atoms with van der Waals surface area (Å²) in [7, 11) is 2.16. The van der Waals surface area contributed by atoms with Gasteiger partial charge in [0.15, 0.2) is 0 Å². The number of benzene rings is 1. The fraction of sp³-hybridized carbons (Fsp3) is 0.300. The van der Waals surface area contributed by atoms with E-state index in [1.54, 1.807) is 0 Å². The molecule has 0 saturated carbocycles. The first-order chi connectivity index (χ1) is 11.8. The molecule has 0 aliphatic carbocycles. The molecule has 1 aliphatic rings. The largest absolute Gasteiger partial charge is 0.354 e. The van der Waals surface area contributed by atoms with Gasteiger partial charge in [-0.2, -0.15) is 0 Å². The predicted octanol–water partition coefficient (Wildman–Crippen LogP) is 2.71. The molecular weight excluding hydrogens is 298 g/mol. The van der Waals surface area contributed by atoms with E-state index in [9.17, 15) is 0 Å². The van der Waals surface area contributed by atoms with Gasteiger partial charge in [0.05, 0.1) is 0 Å². The summed E-state index contributed by atoms with van der Waals surface area (Å²) in [4.78, 5) is 17.0. The highest BCUT2D eigenvalue weighted by Crippen LogP contribution is 2.11. The summed E-state index contributed by atoms with van der Waals surface area (Å²) in [5.41, 5.74) is 1.08. The van der Waals surface area contributed by atoms with Gasteiger partial charge in [-0.1, -0.05) is 30.2 Å². The van der Waals surface area contributed by atoms with Crippen LogP contribution in [0.25, 0.3) is 0 Å². The topological polar surface area (TPSA) is 36.4 Å². The Morgan fingerprint density at radius 2 is 1.58 bits per heavy atom. The maximum atomic E-state index is 8.00. The minimum atomic E-state index is 1.08. The van der Waals surface area contributed by atoms with Gasteiger partial charge < -0.3 is 14.6 Å². The number of pyridine rings is 1. The van der Waals surface area contributed by atoms with Gasteiger partial charge in [-0.05, 0) is 38.2 Å². The second kappa shape index (κ2) is 11.9. The van der Waals surface area contributed by atoms with Crippen molar-refractivity contribution in [3.05, 3.63) is 60.3 Å². The molecule has 4 heteroatoms. The van der Waals surface area contributed by atoms with Gasteiger partial charge in [0.2, 0.25) is 0 Å². The normalized spacial score (nSPS) is 13.3. The predicted molar refractivity (Wildman–Crippen MR) is 100 cm³/mol. The van der Waals surface area contributed by atoms with Crippen LogP contribution in [0.4, 0.5) is 5.82 Å². The van der Waals surface area contributed by atoms with Crippen LogP contribution >= 0.6 is 0 Å². The van der Waals surface area contributed by atoms with Crippen molar-refractivity contribution in [1.29, 1.82) is 0 Å². The molecule has 1 saturated heterocycles. The SMILES string of the molecule is C=O.CC#Cc1ccccc1.CN1CCN(c2ccccn2)CC1. The van der Waals surface area contributed by atoms with Crippen molar-refractivity contribution in [1.82, 2.24) is 9.88 Å². The zero-order valence-electron chi connectivity index (χ0n) is 14.5. The summed E-state index contributed by atoms with van der Waals surface area (Å²) in [6.45, 7) is 8.29. The molecule has 0 spiro atoms. The van der Waals surface area contributed by atoms with Crippen LogP contribution in [-0.4, -0.2) is 49.9 Å². The molecule has 1 aromatic carbocycles. The molecule has 2 heterocycles. The van der Waals surface area contributed by atoms with Crippen molar-refractivity contribution in [2.75, 3.05) is 38.1 Å². The molecule has 1 aliphatic heterocycles. The first-order valence-corrected chi connectivity index (χ1v) is 7.91. The Bertz CT molecular complexity index is 612. The standard InChI is InChI=1S/C10H15N3.C9H8.CH2O/c1-12-6-8-13(9-7-12)10-4-2-3-5-11-10;1-2-6-9-7-4-3-5-8-9;1-2/h2-5H,6-9H2,1H3;3-5,7-8H,1H3;1H2. The Morgan fingerprint density at radius 3 is 2.12 bits per heavy atom. The van der Waals surface area contributed by atoms with E-state index in [1.165, 1.54) is 0 Å². The van der Waals surface area contributed by atoms with E-state index < -0.39 is 0 Å². The van der Waals surface area contributed by atoms with E-state index in [-0.39, 0.29) is 0 Å². The third-order valence-corrected chi connectivity index (χ3v) is 3.52. The van der Waals surface area contributed by atoms with Gasteiger partial charge in [-0.3, -0.25) is 0 Å². The lowest BCUT2D eigenvalue weighted by atomic mass is 10.2. The lowest BCUT2D eigenvalue weighted by molar-refractivity contribution is -0.0979. The molecule has 0 N–H and O–H groups in total. The number of carbonyl (C=O) groups excluding carboxylic acids is 1. The zero-order chi connectivity index (χ0) is 17.6. The molecule has 2 aromatic rings. The smallest absolute Gasteiger partial charge is 0.128 e. The van der Waals surface area contributed by atoms with Crippen molar-refractivity contribution in [3.63, 3.8) is 0 Å². The molecule has 3 rings (SSSR count). The van der Waals surface area contributed by atoms with E-state index in [2.05, 4.69) is 39.7 Å². The van der Waals surface area contributed by atoms with E-state index in [1.807, 2.05) is 62.4 Å². The summed E-state index contributed by atoms with van der Waals surface area (Å²) in [5.74, 6) is 6.90. The molecule has 126 valence electrons. The lowest BCUT2D eigenvalue weighted by Crippen LogP contribution is -2.44. The number of carbonyl (C=O) groups is 1. The third kappa shape index (κ3) is 7.08. The summed E-state index contributed by atoms with van der Waals surface area (Å²) >= 11 is 0. The average Bonchev–Trinajstić information content (AvgIpc) is 2.66. The third-order valence-electron chi connectivity index (χ3n) is 3.52. The van der Waals surface area contributed by atoms with Crippen molar-refractivity contribution >= 4 is 12.6 Å². The summed E-state index contributed by atoms with van der Waals surface area (Å²) < 4.78 is 0. The van der Waals surface area contributed by atoms with Gasteiger partial charge in [-0.15, -0.1) is 5.92 Å². The van der Waals surface area contributed by atoms with Crippen LogP contribution in [0.3, 0.4) is 0 Å². The minimum Gasteiger partial charge on any atom is -0.354 e. The fourth-order valence-corrected chi connectivity index (χ4v) is 2.24. The first kappa shape index (κ1) is 19.4. The number of likely N-dealkylation sites (N-methyl/N-ethyl adjacent to an activating group) is 1. The summed E-state index contributed by atoms with van der Waals surface area (Å²) in [6, 6.07) is 16.0. The lowest BCUT2D eigenvalue weighted by Gasteiger charge is -2.33. The number of aromatic nitrogens is 1. The quantitative estimate of drug-likeness (QED) is 0.756. The van der Waals surface area contributed by atoms with Gasteiger partial charge in [0, 0.05) is 37.9 Å². The number of piperazine rings is 1. The highest BCUT2D eigenvalue weighted by molar-refractivity contribution is 5.38. The van der Waals surface area contributed by atoms with Gasteiger partial charge in [0.25, 0.3) is 0 Å². The molecule has 0 amide bonds. The molecule has 0 bridgehead atoms. The Hall–Kier alpha value is -2.64. The van der Waals surface area contributed by atoms with Crippen LogP contribution in [0.5, 0.6) is 0 Å². The molecule has 4 nitrogen and oxygen atoms in total. The second-order valence-corrected chi connectivity index (χ2v) is 5.22. The van der Waals surface area contributed by atoms with E-state index >= 15 is 0 Å². The minimum absolute atomic E-state index is 1.08. The van der Waals surface area contributed by atoms with E-state index in [0.717, 1.165) is 37.6 Å². The van der Waals surface area contributed by atoms with Crippen LogP contribution in [0, 0.1) is 11.8 Å². The number of anilines is 1. The number of hydrogen-bond donors (Lipinski definition) is 0. The molecule has 1 aromatic heterocycles. The molecule has 0 radical (unpaired) electrons. The number of nitrogens with zero attached hydrogens (tertiary/aromatic N) is 3. The van der Waals surface area contributed by atoms with Crippen LogP contribution in [-0.2, 0) is 4.79 Å². The molecular formula is C20H25N3O. The number of hydrogen-bond acceptors (Lipinski definition) is 4. The summed E-state index contributed by atoms with van der Waals surface area (Å²) in [5, 5.41) is 0. The highest BCUT2D eigenvalue weighted by atomic mass is 16.1. The summed E-state index contributed by atoms with van der Waals surface area (Å²) in [6.07, 6.45) is 1.85. The average molecular weight is 323 g/mol. The zero-order valence-corrected chi connectivity index (χ0v) is 14.5. The number of rotatable bonds is 1. The van der Waals surface area contributed by atoms with Crippen LogP contribution in [0.1, 0.15) is 12.5 Å². The Morgan fingerprint density at radius 1 is 0.958 bits per heavy atom. The maximum absolute atomic E-state index is 8.00. The van der Waals surface area contributed by atoms with Gasteiger partial charge in [-0.25, -0.2) is 4.98 Å². The van der Waals surface area contributed by atoms with Gasteiger partial charge in [0.1, 0.15) is 12.6 Å². The molecule has 24 heavy (non-hydrogen) atoms. The molecule has 0 atom stereocenters. The van der Waals surface area contributed by atoms with E-state index in [4.69, 9.17) is 4.79 Å². The van der Waals surface area contributed by atoms with E-state index in [0.29, 0.717) is 0 Å². The Labute approximate surface area is 145 Å². The Kier molecular flexibility index (Phi) is 9.59. The van der Waals surface area contributed by atoms with Crippen LogP contribution < -0.4 is 4.90 Å².